The van der Waals surface area contributed by atoms with Crippen LogP contribution in [0.2, 0.25) is 0 Å². The lowest BCUT2D eigenvalue weighted by atomic mass is 10.2. The van der Waals surface area contributed by atoms with Crippen LogP contribution in [0.4, 0.5) is 5.13 Å². The molecule has 2 N–H and O–H groups in total. The summed E-state index contributed by atoms with van der Waals surface area (Å²) in [4.78, 5) is 8.29. The van der Waals surface area contributed by atoms with Crippen molar-refractivity contribution in [3.63, 3.8) is 0 Å². The van der Waals surface area contributed by atoms with Gasteiger partial charge in [-0.3, -0.25) is 4.90 Å². The van der Waals surface area contributed by atoms with Crippen LogP contribution in [0.3, 0.4) is 0 Å². The lowest BCUT2D eigenvalue weighted by Crippen LogP contribution is -2.26. The van der Waals surface area contributed by atoms with Gasteiger partial charge in [0, 0.05) is 35.4 Å². The average Bonchev–Trinajstić information content (AvgIpc) is 2.66. The largest absolute Gasteiger partial charge is 0.375 e. The van der Waals surface area contributed by atoms with Crippen LogP contribution in [0.1, 0.15) is 16.1 Å². The summed E-state index contributed by atoms with van der Waals surface area (Å²) in [6.07, 6.45) is 2.08. The van der Waals surface area contributed by atoms with E-state index in [1.54, 1.807) is 11.3 Å². The van der Waals surface area contributed by atoms with Crippen molar-refractivity contribution in [1.29, 1.82) is 0 Å². The van der Waals surface area contributed by atoms with Crippen LogP contribution in [0, 0.1) is 0 Å². The van der Waals surface area contributed by atoms with Gasteiger partial charge in [0.05, 0.1) is 5.69 Å². The van der Waals surface area contributed by atoms with E-state index in [4.69, 9.17) is 5.73 Å². The van der Waals surface area contributed by atoms with Crippen molar-refractivity contribution in [2.24, 2.45) is 0 Å². The minimum Gasteiger partial charge on any atom is -0.375 e. The van der Waals surface area contributed by atoms with Gasteiger partial charge in [-0.2, -0.15) is 0 Å². The van der Waals surface area contributed by atoms with Crippen molar-refractivity contribution in [3.8, 4) is 0 Å². The Bertz CT molecular complexity index is 549. The van der Waals surface area contributed by atoms with Crippen molar-refractivity contribution in [2.45, 2.75) is 19.4 Å². The second-order valence-electron chi connectivity index (χ2n) is 4.82. The number of nitrogens with zero attached hydrogens (tertiary/aromatic N) is 2. The van der Waals surface area contributed by atoms with Gasteiger partial charge >= 0.3 is 0 Å². The van der Waals surface area contributed by atoms with E-state index in [-0.39, 0.29) is 24.8 Å². The van der Waals surface area contributed by atoms with E-state index in [0.29, 0.717) is 5.13 Å². The number of rotatable bonds is 2. The Kier molecular flexibility index (Phi) is 7.44. The number of anilines is 1. The Balaban J connectivity index is 0.00000110. The molecule has 1 aromatic carbocycles. The molecule has 0 spiro atoms. The molecule has 1 aromatic heterocycles. The first kappa shape index (κ1) is 18.7. The van der Waals surface area contributed by atoms with E-state index in [1.165, 1.54) is 16.1 Å². The zero-order valence-corrected chi connectivity index (χ0v) is 15.5. The van der Waals surface area contributed by atoms with Crippen LogP contribution in [-0.2, 0) is 19.4 Å². The van der Waals surface area contributed by atoms with Gasteiger partial charge in [-0.25, -0.2) is 4.98 Å². The fourth-order valence-electron chi connectivity index (χ4n) is 2.44. The van der Waals surface area contributed by atoms with Crippen LogP contribution in [0.15, 0.2) is 28.7 Å². The smallest absolute Gasteiger partial charge is 0.180 e. The molecule has 1 aliphatic heterocycles. The minimum absolute atomic E-state index is 0. The Morgan fingerprint density at radius 1 is 1.14 bits per heavy atom. The van der Waals surface area contributed by atoms with Crippen molar-refractivity contribution < 1.29 is 0 Å². The lowest BCUT2D eigenvalue weighted by Gasteiger charge is -2.19. The normalized spacial score (nSPS) is 14.5. The third-order valence-electron chi connectivity index (χ3n) is 3.43. The molecule has 21 heavy (non-hydrogen) atoms. The molecule has 2 aromatic rings. The van der Waals surface area contributed by atoms with Crippen LogP contribution in [0.25, 0.3) is 0 Å². The fourth-order valence-corrected chi connectivity index (χ4v) is 3.57. The third-order valence-corrected chi connectivity index (χ3v) is 4.95. The van der Waals surface area contributed by atoms with E-state index in [1.807, 2.05) is 0 Å². The predicted octanol–water partition coefficient (Wildman–Crippen LogP) is 3.93. The van der Waals surface area contributed by atoms with Gasteiger partial charge in [-0.05, 0) is 24.1 Å². The van der Waals surface area contributed by atoms with E-state index in [0.717, 1.165) is 36.9 Å². The topological polar surface area (TPSA) is 42.1 Å². The molecule has 3 rings (SSSR count). The van der Waals surface area contributed by atoms with Crippen LogP contribution in [0.5, 0.6) is 0 Å². The maximum atomic E-state index is 5.77. The molecular formula is C14H18BrCl2N3S. The Morgan fingerprint density at radius 2 is 1.81 bits per heavy atom. The molecule has 1 aliphatic rings. The Morgan fingerprint density at radius 3 is 2.52 bits per heavy atom. The summed E-state index contributed by atoms with van der Waals surface area (Å²) in [6, 6.07) is 8.57. The molecule has 0 saturated carbocycles. The first-order valence-electron chi connectivity index (χ1n) is 6.41. The number of aromatic nitrogens is 1. The number of hydrogen-bond acceptors (Lipinski definition) is 4. The first-order chi connectivity index (χ1) is 9.20. The first-order valence-corrected chi connectivity index (χ1v) is 8.02. The number of fused-ring (bicyclic) bond motifs is 1. The van der Waals surface area contributed by atoms with Crippen LogP contribution < -0.4 is 5.73 Å². The second kappa shape index (κ2) is 8.34. The van der Waals surface area contributed by atoms with Crippen molar-refractivity contribution >= 4 is 57.2 Å². The van der Waals surface area contributed by atoms with E-state index in [2.05, 4.69) is 50.1 Å². The number of nitrogen functional groups attached to an aromatic ring is 1. The molecule has 0 aliphatic carbocycles. The molecule has 0 amide bonds. The van der Waals surface area contributed by atoms with Crippen molar-refractivity contribution in [3.05, 3.63) is 44.9 Å². The summed E-state index contributed by atoms with van der Waals surface area (Å²) in [7, 11) is 0. The number of thiazole rings is 1. The summed E-state index contributed by atoms with van der Waals surface area (Å²) in [5.41, 5.74) is 8.34. The highest BCUT2D eigenvalue weighted by atomic mass is 79.9. The zero-order valence-electron chi connectivity index (χ0n) is 11.4. The molecule has 0 saturated heterocycles. The SMILES string of the molecule is Cl.Cl.Nc1nc2c(s1)CCN(Cc1ccc(Br)cc1)CC2. The summed E-state index contributed by atoms with van der Waals surface area (Å²) in [5.74, 6) is 0. The number of halogens is 3. The molecule has 0 unspecified atom stereocenters. The minimum atomic E-state index is 0. The summed E-state index contributed by atoms with van der Waals surface area (Å²) in [5, 5.41) is 0.714. The molecule has 3 nitrogen and oxygen atoms in total. The molecule has 0 bridgehead atoms. The molecule has 2 heterocycles. The Hall–Kier alpha value is -0.330. The second-order valence-corrected chi connectivity index (χ2v) is 6.86. The number of nitrogens with two attached hydrogens (primary N) is 1. The van der Waals surface area contributed by atoms with Gasteiger partial charge in [-0.15, -0.1) is 36.2 Å². The summed E-state index contributed by atoms with van der Waals surface area (Å²) >= 11 is 5.12. The lowest BCUT2D eigenvalue weighted by molar-refractivity contribution is 0.279. The van der Waals surface area contributed by atoms with Crippen molar-refractivity contribution in [1.82, 2.24) is 9.88 Å². The maximum absolute atomic E-state index is 5.77. The summed E-state index contributed by atoms with van der Waals surface area (Å²) < 4.78 is 1.13. The highest BCUT2D eigenvalue weighted by molar-refractivity contribution is 9.10. The van der Waals surface area contributed by atoms with Gasteiger partial charge in [-0.1, -0.05) is 28.1 Å². The summed E-state index contributed by atoms with van der Waals surface area (Å²) in [6.45, 7) is 3.16. The molecular weight excluding hydrogens is 393 g/mol. The van der Waals surface area contributed by atoms with Crippen LogP contribution in [-0.4, -0.2) is 23.0 Å². The maximum Gasteiger partial charge on any atom is 0.180 e. The predicted molar refractivity (Wildman–Crippen MR) is 97.8 cm³/mol. The number of hydrogen-bond donors (Lipinski definition) is 1. The molecule has 0 radical (unpaired) electrons. The zero-order chi connectivity index (χ0) is 13.2. The molecule has 116 valence electrons. The highest BCUT2D eigenvalue weighted by Crippen LogP contribution is 2.24. The van der Waals surface area contributed by atoms with Gasteiger partial charge in [0.1, 0.15) is 0 Å². The highest BCUT2D eigenvalue weighted by Gasteiger charge is 2.17. The van der Waals surface area contributed by atoms with Crippen LogP contribution >= 0.6 is 52.1 Å². The van der Waals surface area contributed by atoms with E-state index >= 15 is 0 Å². The number of benzene rings is 1. The molecule has 0 fully saturated rings. The van der Waals surface area contributed by atoms with Gasteiger partial charge in [0.25, 0.3) is 0 Å². The van der Waals surface area contributed by atoms with E-state index in [9.17, 15) is 0 Å². The third kappa shape index (κ3) is 4.83. The standard InChI is InChI=1S/C14H16BrN3S.2ClH/c15-11-3-1-10(2-4-11)9-18-7-5-12-13(6-8-18)19-14(16)17-12;;/h1-4H,5-9H2,(H2,16,17);2*1H. The van der Waals surface area contributed by atoms with E-state index < -0.39 is 0 Å². The quantitative estimate of drug-likeness (QED) is 0.815. The molecule has 7 heteroatoms. The van der Waals surface area contributed by atoms with Crippen molar-refractivity contribution in [2.75, 3.05) is 18.8 Å². The van der Waals surface area contributed by atoms with Gasteiger partial charge in [0.15, 0.2) is 5.13 Å². The molecule has 0 atom stereocenters. The average molecular weight is 411 g/mol. The Labute approximate surface area is 149 Å². The van der Waals surface area contributed by atoms with Gasteiger partial charge in [0.2, 0.25) is 0 Å². The fraction of sp³-hybridized carbons (Fsp3) is 0.357. The van der Waals surface area contributed by atoms with Gasteiger partial charge < -0.3 is 5.73 Å². The monoisotopic (exact) mass is 409 g/mol.